The van der Waals surface area contributed by atoms with Crippen LogP contribution < -0.4 is 0 Å². The average molecular weight is 307 g/mol. The van der Waals surface area contributed by atoms with Crippen molar-refractivity contribution in [3.63, 3.8) is 0 Å². The Morgan fingerprint density at radius 3 is 2.42 bits per heavy atom. The third-order valence-electron chi connectivity index (χ3n) is 2.77. The van der Waals surface area contributed by atoms with Gasteiger partial charge in [0.1, 0.15) is 0 Å². The number of thioether (sulfide) groups is 1. The van der Waals surface area contributed by atoms with E-state index in [0.717, 1.165) is 0 Å². The number of nitrogens with zero attached hydrogens (tertiary/aromatic N) is 1. The molecule has 1 atom stereocenters. The fraction of sp³-hybridized carbons (Fsp3) is 0.900. The van der Waals surface area contributed by atoms with Crippen LogP contribution in [0.1, 0.15) is 6.42 Å². The van der Waals surface area contributed by atoms with Gasteiger partial charge in [-0.1, -0.05) is 0 Å². The minimum atomic E-state index is -5.87. The van der Waals surface area contributed by atoms with Crippen LogP contribution >= 0.6 is 11.8 Å². The van der Waals surface area contributed by atoms with Gasteiger partial charge in [-0.3, -0.25) is 4.79 Å². The quantitative estimate of drug-likeness (QED) is 0.729. The van der Waals surface area contributed by atoms with Crippen molar-refractivity contribution in [3.8, 4) is 0 Å². The predicted octanol–water partition coefficient (Wildman–Crippen LogP) is 2.16. The molecule has 0 radical (unpaired) electrons. The molecule has 3 nitrogen and oxygen atoms in total. The molecule has 1 aliphatic rings. The Hall–Kier alpha value is -0.570. The van der Waals surface area contributed by atoms with Crippen molar-refractivity contribution in [3.05, 3.63) is 0 Å². The molecule has 1 heterocycles. The molecule has 0 aliphatic carbocycles. The van der Waals surface area contributed by atoms with E-state index < -0.39 is 24.0 Å². The topological polar surface area (TPSA) is 29.5 Å². The fourth-order valence-corrected chi connectivity index (χ4v) is 2.93. The molecule has 1 amide bonds. The summed E-state index contributed by atoms with van der Waals surface area (Å²) in [5.41, 5.74) is 0. The molecule has 19 heavy (non-hydrogen) atoms. The summed E-state index contributed by atoms with van der Waals surface area (Å²) in [5.74, 6) is -6.54. The van der Waals surface area contributed by atoms with Crippen LogP contribution in [-0.4, -0.2) is 60.7 Å². The lowest BCUT2D eigenvalue weighted by molar-refractivity contribution is -0.275. The van der Waals surface area contributed by atoms with Crippen molar-refractivity contribution < 1.29 is 31.5 Å². The number of carbonyl (C=O) groups excluding carboxylic acids is 1. The first-order valence-corrected chi connectivity index (χ1v) is 6.69. The molecule has 1 saturated heterocycles. The molecule has 1 aliphatic heterocycles. The van der Waals surface area contributed by atoms with E-state index in [1.807, 2.05) is 0 Å². The molecule has 0 aromatic rings. The van der Waals surface area contributed by atoms with E-state index in [4.69, 9.17) is 0 Å². The van der Waals surface area contributed by atoms with Gasteiger partial charge in [-0.05, 0) is 12.2 Å². The Morgan fingerprint density at radius 2 is 2.00 bits per heavy atom. The van der Waals surface area contributed by atoms with Gasteiger partial charge < -0.3 is 9.64 Å². The average Bonchev–Trinajstić information content (AvgIpc) is 2.81. The summed E-state index contributed by atoms with van der Waals surface area (Å²) in [7, 11) is 1.29. The molecular weight excluding hydrogens is 293 g/mol. The number of rotatable bonds is 5. The molecule has 1 fully saturated rings. The lowest BCUT2D eigenvalue weighted by Gasteiger charge is -2.32. The number of hydrogen-bond donors (Lipinski definition) is 0. The highest BCUT2D eigenvalue weighted by molar-refractivity contribution is 7.99. The highest BCUT2D eigenvalue weighted by Gasteiger charge is 2.65. The van der Waals surface area contributed by atoms with Gasteiger partial charge >= 0.3 is 18.0 Å². The zero-order valence-electron chi connectivity index (χ0n) is 10.2. The van der Waals surface area contributed by atoms with Crippen LogP contribution in [0.3, 0.4) is 0 Å². The molecule has 0 saturated carbocycles. The predicted molar refractivity (Wildman–Crippen MR) is 60.3 cm³/mol. The minimum absolute atomic E-state index is 0.0825. The third kappa shape index (κ3) is 3.71. The Balaban J connectivity index is 2.87. The molecule has 112 valence electrons. The number of ether oxygens (including phenoxy) is 1. The normalized spacial score (nSPS) is 20.6. The maximum atomic E-state index is 13.1. The van der Waals surface area contributed by atoms with Gasteiger partial charge in [0, 0.05) is 25.4 Å². The highest BCUT2D eigenvalue weighted by atomic mass is 32.2. The summed E-state index contributed by atoms with van der Waals surface area (Å²) in [4.78, 5) is 12.1. The van der Waals surface area contributed by atoms with Crippen LogP contribution in [-0.2, 0) is 9.53 Å². The van der Waals surface area contributed by atoms with Crippen molar-refractivity contribution in [1.29, 1.82) is 0 Å². The summed E-state index contributed by atoms with van der Waals surface area (Å²) < 4.78 is 67.5. The van der Waals surface area contributed by atoms with E-state index in [0.29, 0.717) is 22.8 Å². The van der Waals surface area contributed by atoms with Crippen molar-refractivity contribution in [2.45, 2.75) is 24.6 Å². The van der Waals surface area contributed by atoms with Crippen LogP contribution in [0.15, 0.2) is 0 Å². The maximum absolute atomic E-state index is 13.1. The lowest BCUT2D eigenvalue weighted by atomic mass is 10.1. The Bertz CT molecular complexity index is 318. The first-order chi connectivity index (χ1) is 8.71. The zero-order chi connectivity index (χ0) is 14.7. The Labute approximate surface area is 111 Å². The second kappa shape index (κ2) is 6.25. The highest BCUT2D eigenvalue weighted by Crippen LogP contribution is 2.38. The molecule has 0 bridgehead atoms. The summed E-state index contributed by atoms with van der Waals surface area (Å²) in [6.07, 6.45) is -5.46. The van der Waals surface area contributed by atoms with Gasteiger partial charge in [-0.15, -0.1) is 0 Å². The van der Waals surface area contributed by atoms with Crippen LogP contribution in [0.4, 0.5) is 22.0 Å². The van der Waals surface area contributed by atoms with Gasteiger partial charge in [0.15, 0.2) is 0 Å². The molecule has 9 heteroatoms. The van der Waals surface area contributed by atoms with Gasteiger partial charge in [0.05, 0.1) is 6.61 Å². The van der Waals surface area contributed by atoms with Crippen molar-refractivity contribution in [2.75, 3.05) is 31.8 Å². The smallest absolute Gasteiger partial charge is 0.383 e. The molecule has 0 N–H and O–H groups in total. The van der Waals surface area contributed by atoms with Crippen LogP contribution in [0.25, 0.3) is 0 Å². The van der Waals surface area contributed by atoms with E-state index in [-0.39, 0.29) is 13.2 Å². The van der Waals surface area contributed by atoms with Crippen molar-refractivity contribution in [1.82, 2.24) is 4.90 Å². The summed E-state index contributed by atoms with van der Waals surface area (Å²) in [6.45, 7) is -0.354. The SMILES string of the molecule is COCCN(C(=O)C(F)(F)C(F)(F)F)C1CCSC1. The molecular formula is C10H14F5NO2S. The number of carbonyl (C=O) groups is 1. The van der Waals surface area contributed by atoms with E-state index >= 15 is 0 Å². The molecule has 0 spiro atoms. The third-order valence-corrected chi connectivity index (χ3v) is 3.91. The van der Waals surface area contributed by atoms with E-state index in [1.54, 1.807) is 0 Å². The van der Waals surface area contributed by atoms with Gasteiger partial charge in [0.25, 0.3) is 0 Å². The van der Waals surface area contributed by atoms with E-state index in [9.17, 15) is 26.7 Å². The van der Waals surface area contributed by atoms with Crippen LogP contribution in [0, 0.1) is 0 Å². The molecule has 0 aromatic heterocycles. The molecule has 1 unspecified atom stereocenters. The van der Waals surface area contributed by atoms with Crippen molar-refractivity contribution in [2.24, 2.45) is 0 Å². The first kappa shape index (κ1) is 16.5. The summed E-state index contributed by atoms with van der Waals surface area (Å²) in [6, 6.07) is -0.596. The van der Waals surface area contributed by atoms with Crippen LogP contribution in [0.5, 0.6) is 0 Å². The number of halogens is 5. The maximum Gasteiger partial charge on any atom is 0.463 e. The number of hydrogen-bond acceptors (Lipinski definition) is 3. The minimum Gasteiger partial charge on any atom is -0.383 e. The van der Waals surface area contributed by atoms with Gasteiger partial charge in [-0.25, -0.2) is 0 Å². The van der Waals surface area contributed by atoms with Gasteiger partial charge in [0.2, 0.25) is 0 Å². The van der Waals surface area contributed by atoms with Crippen LogP contribution in [0.2, 0.25) is 0 Å². The monoisotopic (exact) mass is 307 g/mol. The Morgan fingerprint density at radius 1 is 1.37 bits per heavy atom. The second-order valence-corrected chi connectivity index (χ2v) is 5.23. The van der Waals surface area contributed by atoms with E-state index in [1.165, 1.54) is 18.9 Å². The Kier molecular flexibility index (Phi) is 5.43. The van der Waals surface area contributed by atoms with Crippen molar-refractivity contribution >= 4 is 17.7 Å². The fourth-order valence-electron chi connectivity index (χ4n) is 1.71. The van der Waals surface area contributed by atoms with Gasteiger partial charge in [-0.2, -0.15) is 33.7 Å². The first-order valence-electron chi connectivity index (χ1n) is 5.54. The number of methoxy groups -OCH3 is 1. The number of amides is 1. The zero-order valence-corrected chi connectivity index (χ0v) is 11.0. The standard InChI is InChI=1S/C10H14F5NO2S/c1-18-4-3-16(7-2-5-19-6-7)8(17)9(11,12)10(13,14)15/h7H,2-6H2,1H3. The summed E-state index contributed by atoms with van der Waals surface area (Å²) >= 11 is 1.42. The largest absolute Gasteiger partial charge is 0.463 e. The molecule has 1 rings (SSSR count). The van der Waals surface area contributed by atoms with E-state index in [2.05, 4.69) is 4.74 Å². The molecule has 0 aromatic carbocycles. The lowest BCUT2D eigenvalue weighted by Crippen LogP contribution is -2.55. The number of alkyl halides is 5. The second-order valence-electron chi connectivity index (χ2n) is 4.08. The summed E-state index contributed by atoms with van der Waals surface area (Å²) in [5, 5.41) is 0.